The molecule has 0 saturated carbocycles. The van der Waals surface area contributed by atoms with E-state index in [9.17, 15) is 9.00 Å². The lowest BCUT2D eigenvalue weighted by atomic mass is 10.1. The molecule has 0 aliphatic heterocycles. The predicted octanol–water partition coefficient (Wildman–Crippen LogP) is 2.53. The van der Waals surface area contributed by atoms with Gasteiger partial charge in [-0.2, -0.15) is 0 Å². The third-order valence-corrected chi connectivity index (χ3v) is 3.98. The van der Waals surface area contributed by atoms with Gasteiger partial charge in [-0.25, -0.2) is 4.98 Å². The number of nitrogens with one attached hydrogen (secondary N) is 1. The van der Waals surface area contributed by atoms with Crippen molar-refractivity contribution in [3.05, 3.63) is 53.2 Å². The molecular weight excluding hydrogens is 300 g/mol. The molecule has 2 rings (SSSR count). The molecule has 0 bridgehead atoms. The fourth-order valence-corrected chi connectivity index (χ4v) is 2.86. The number of methoxy groups -OCH3 is 1. The predicted molar refractivity (Wildman–Crippen MR) is 87.7 cm³/mol. The maximum absolute atomic E-state index is 12.4. The van der Waals surface area contributed by atoms with E-state index in [1.165, 1.54) is 7.11 Å². The molecule has 116 valence electrons. The molecule has 5 nitrogen and oxygen atoms in total. The van der Waals surface area contributed by atoms with E-state index in [1.807, 2.05) is 25.1 Å². The highest BCUT2D eigenvalue weighted by atomic mass is 32.2. The molecular formula is C16H18N2O3S. The van der Waals surface area contributed by atoms with Gasteiger partial charge in [0.25, 0.3) is 5.91 Å². The second kappa shape index (κ2) is 7.17. The van der Waals surface area contributed by atoms with Crippen LogP contribution in [0.25, 0.3) is 0 Å². The van der Waals surface area contributed by atoms with Gasteiger partial charge in [0.1, 0.15) is 5.56 Å². The molecule has 1 N–H and O–H groups in total. The topological polar surface area (TPSA) is 68.3 Å². The number of hydrogen-bond donors (Lipinski definition) is 1. The second-order valence-electron chi connectivity index (χ2n) is 4.82. The number of nitrogens with zero attached hydrogens (tertiary/aromatic N) is 1. The SMILES string of the molecule is COc1ncccc1C(=O)Nc1cccc(C[S@@](C)=O)c1C. The van der Waals surface area contributed by atoms with Crippen LogP contribution in [0, 0.1) is 6.92 Å². The number of carbonyl (C=O) groups excluding carboxylic acids is 1. The van der Waals surface area contributed by atoms with Gasteiger partial charge >= 0.3 is 0 Å². The van der Waals surface area contributed by atoms with Gasteiger partial charge in [-0.3, -0.25) is 9.00 Å². The van der Waals surface area contributed by atoms with E-state index < -0.39 is 10.8 Å². The number of ether oxygens (including phenoxy) is 1. The van der Waals surface area contributed by atoms with Crippen molar-refractivity contribution in [3.8, 4) is 5.88 Å². The maximum atomic E-state index is 12.4. The van der Waals surface area contributed by atoms with Gasteiger partial charge in [0.2, 0.25) is 5.88 Å². The zero-order valence-electron chi connectivity index (χ0n) is 12.8. The van der Waals surface area contributed by atoms with Crippen LogP contribution in [0.5, 0.6) is 5.88 Å². The Morgan fingerprint density at radius 2 is 2.09 bits per heavy atom. The molecule has 0 spiro atoms. The monoisotopic (exact) mass is 318 g/mol. The summed E-state index contributed by atoms with van der Waals surface area (Å²) >= 11 is 0. The van der Waals surface area contributed by atoms with E-state index in [-0.39, 0.29) is 11.8 Å². The lowest BCUT2D eigenvalue weighted by molar-refractivity contribution is 0.102. The Morgan fingerprint density at radius 1 is 1.32 bits per heavy atom. The van der Waals surface area contributed by atoms with Crippen LogP contribution in [0.4, 0.5) is 5.69 Å². The summed E-state index contributed by atoms with van der Waals surface area (Å²) in [6.07, 6.45) is 3.23. The van der Waals surface area contributed by atoms with Crippen LogP contribution in [0.2, 0.25) is 0 Å². The van der Waals surface area contributed by atoms with Crippen molar-refractivity contribution >= 4 is 22.4 Å². The highest BCUT2D eigenvalue weighted by Crippen LogP contribution is 2.22. The van der Waals surface area contributed by atoms with Gasteiger partial charge in [-0.05, 0) is 36.2 Å². The Kier molecular flexibility index (Phi) is 5.27. The highest BCUT2D eigenvalue weighted by molar-refractivity contribution is 7.83. The van der Waals surface area contributed by atoms with Crippen LogP contribution < -0.4 is 10.1 Å². The normalized spacial score (nSPS) is 11.8. The van der Waals surface area contributed by atoms with Gasteiger partial charge in [0, 0.05) is 34.7 Å². The summed E-state index contributed by atoms with van der Waals surface area (Å²) in [7, 11) is 0.542. The zero-order valence-corrected chi connectivity index (χ0v) is 13.6. The number of pyridine rings is 1. The molecule has 1 heterocycles. The molecule has 1 amide bonds. The molecule has 1 atom stereocenters. The lowest BCUT2D eigenvalue weighted by Crippen LogP contribution is -2.15. The summed E-state index contributed by atoms with van der Waals surface area (Å²) in [4.78, 5) is 16.4. The first-order chi connectivity index (χ1) is 10.5. The van der Waals surface area contributed by atoms with Crippen LogP contribution in [0.15, 0.2) is 36.5 Å². The van der Waals surface area contributed by atoms with Gasteiger partial charge in [0.15, 0.2) is 0 Å². The van der Waals surface area contributed by atoms with Crippen LogP contribution in [-0.2, 0) is 16.6 Å². The van der Waals surface area contributed by atoms with Crippen molar-refractivity contribution in [3.63, 3.8) is 0 Å². The van der Waals surface area contributed by atoms with Crippen molar-refractivity contribution in [1.82, 2.24) is 4.98 Å². The van der Waals surface area contributed by atoms with Crippen molar-refractivity contribution in [2.75, 3.05) is 18.7 Å². The Balaban J connectivity index is 2.27. The molecule has 0 radical (unpaired) electrons. The quantitative estimate of drug-likeness (QED) is 0.920. The third kappa shape index (κ3) is 3.71. The van der Waals surface area contributed by atoms with E-state index in [1.54, 1.807) is 24.6 Å². The van der Waals surface area contributed by atoms with Crippen LogP contribution in [0.3, 0.4) is 0 Å². The molecule has 2 aromatic rings. The van der Waals surface area contributed by atoms with Crippen molar-refractivity contribution in [1.29, 1.82) is 0 Å². The first-order valence-electron chi connectivity index (χ1n) is 6.71. The van der Waals surface area contributed by atoms with E-state index in [0.717, 1.165) is 11.1 Å². The minimum Gasteiger partial charge on any atom is -0.480 e. The number of rotatable bonds is 5. The van der Waals surface area contributed by atoms with E-state index in [2.05, 4.69) is 10.3 Å². The molecule has 0 aliphatic rings. The van der Waals surface area contributed by atoms with E-state index in [0.29, 0.717) is 17.0 Å². The Bertz CT molecular complexity index is 716. The molecule has 0 unspecified atom stereocenters. The summed E-state index contributed by atoms with van der Waals surface area (Å²) in [5, 5.41) is 2.86. The highest BCUT2D eigenvalue weighted by Gasteiger charge is 2.14. The number of benzene rings is 1. The molecule has 0 fully saturated rings. The fraction of sp³-hybridized carbons (Fsp3) is 0.250. The van der Waals surface area contributed by atoms with Crippen molar-refractivity contribution < 1.29 is 13.7 Å². The summed E-state index contributed by atoms with van der Waals surface area (Å²) in [6.45, 7) is 1.90. The van der Waals surface area contributed by atoms with E-state index >= 15 is 0 Å². The zero-order chi connectivity index (χ0) is 16.1. The van der Waals surface area contributed by atoms with Crippen molar-refractivity contribution in [2.24, 2.45) is 0 Å². The summed E-state index contributed by atoms with van der Waals surface area (Å²) < 4.78 is 16.5. The standard InChI is InChI=1S/C16H18N2O3S/c1-11-12(10-22(3)20)6-4-8-14(11)18-15(19)13-7-5-9-17-16(13)21-2/h4-9H,10H2,1-3H3,(H,18,19)/t22-/m1/s1. The Labute approximate surface area is 132 Å². The van der Waals surface area contributed by atoms with Gasteiger partial charge in [-0.1, -0.05) is 12.1 Å². The molecule has 0 aliphatic carbocycles. The lowest BCUT2D eigenvalue weighted by Gasteiger charge is -2.13. The number of aromatic nitrogens is 1. The number of anilines is 1. The van der Waals surface area contributed by atoms with Crippen LogP contribution in [0.1, 0.15) is 21.5 Å². The number of carbonyl (C=O) groups is 1. The number of hydrogen-bond acceptors (Lipinski definition) is 4. The average Bonchev–Trinajstić information content (AvgIpc) is 2.50. The summed E-state index contributed by atoms with van der Waals surface area (Å²) in [6, 6.07) is 8.91. The summed E-state index contributed by atoms with van der Waals surface area (Å²) in [5.74, 6) is 0.456. The van der Waals surface area contributed by atoms with Crippen LogP contribution >= 0.6 is 0 Å². The fourth-order valence-electron chi connectivity index (χ4n) is 2.11. The smallest absolute Gasteiger partial charge is 0.261 e. The third-order valence-electron chi connectivity index (χ3n) is 3.26. The minimum absolute atomic E-state index is 0.281. The molecule has 22 heavy (non-hydrogen) atoms. The molecule has 6 heteroatoms. The molecule has 0 saturated heterocycles. The van der Waals surface area contributed by atoms with Gasteiger partial charge in [0.05, 0.1) is 7.11 Å². The Morgan fingerprint density at radius 3 is 2.77 bits per heavy atom. The minimum atomic E-state index is -0.932. The Hall–Kier alpha value is -2.21. The van der Waals surface area contributed by atoms with E-state index in [4.69, 9.17) is 4.74 Å². The number of amides is 1. The van der Waals surface area contributed by atoms with Crippen LogP contribution in [-0.4, -0.2) is 28.5 Å². The van der Waals surface area contributed by atoms with Gasteiger partial charge in [-0.15, -0.1) is 0 Å². The average molecular weight is 318 g/mol. The largest absolute Gasteiger partial charge is 0.480 e. The first-order valence-corrected chi connectivity index (χ1v) is 8.44. The second-order valence-corrected chi connectivity index (χ2v) is 6.26. The van der Waals surface area contributed by atoms with Gasteiger partial charge < -0.3 is 10.1 Å². The molecule has 1 aromatic heterocycles. The maximum Gasteiger partial charge on any atom is 0.261 e. The first kappa shape index (κ1) is 16.2. The summed E-state index contributed by atoms with van der Waals surface area (Å²) in [5.41, 5.74) is 2.93. The van der Waals surface area contributed by atoms with Crippen molar-refractivity contribution in [2.45, 2.75) is 12.7 Å². The molecule has 1 aromatic carbocycles.